The van der Waals surface area contributed by atoms with Crippen molar-refractivity contribution in [1.82, 2.24) is 15.5 Å². The molecular formula is C16H15Cl2F3N4O3. The van der Waals surface area contributed by atoms with Gasteiger partial charge in [-0.25, -0.2) is 4.79 Å². The number of aliphatic hydroxyl groups is 1. The SMILES string of the molecule is CC(O)(c1cc(Cl)c(NC(=O)NCc2nc(C3CC3)no2)c(Cl)c1)C(F)(F)F. The Labute approximate surface area is 167 Å². The van der Waals surface area contributed by atoms with Crippen LogP contribution in [0.1, 0.15) is 43.0 Å². The molecule has 1 aromatic carbocycles. The topological polar surface area (TPSA) is 100 Å². The number of nitrogens with one attached hydrogen (secondary N) is 2. The lowest BCUT2D eigenvalue weighted by molar-refractivity contribution is -0.258. The molecule has 1 aromatic heterocycles. The largest absolute Gasteiger partial charge is 0.421 e. The second kappa shape index (κ2) is 7.41. The number of hydrogen-bond acceptors (Lipinski definition) is 5. The molecule has 1 atom stereocenters. The molecule has 0 saturated heterocycles. The van der Waals surface area contributed by atoms with Gasteiger partial charge in [-0.2, -0.15) is 18.2 Å². The Hall–Kier alpha value is -2.04. The third-order valence-corrected chi connectivity index (χ3v) is 4.82. The minimum Gasteiger partial charge on any atom is -0.376 e. The average Bonchev–Trinajstić information content (AvgIpc) is 3.33. The molecule has 3 N–H and O–H groups in total. The molecule has 3 rings (SSSR count). The molecule has 0 bridgehead atoms. The fourth-order valence-electron chi connectivity index (χ4n) is 2.30. The van der Waals surface area contributed by atoms with Crippen molar-refractivity contribution in [3.05, 3.63) is 39.5 Å². The van der Waals surface area contributed by atoms with Crippen molar-refractivity contribution in [2.45, 2.75) is 44.0 Å². The van der Waals surface area contributed by atoms with Crippen molar-refractivity contribution in [3.63, 3.8) is 0 Å². The average molecular weight is 439 g/mol. The highest BCUT2D eigenvalue weighted by molar-refractivity contribution is 6.39. The van der Waals surface area contributed by atoms with Crippen LogP contribution in [-0.2, 0) is 12.1 Å². The molecule has 12 heteroatoms. The van der Waals surface area contributed by atoms with Crippen LogP contribution in [0.25, 0.3) is 0 Å². The maximum Gasteiger partial charge on any atom is 0.421 e. The van der Waals surface area contributed by atoms with Crippen LogP contribution in [0.15, 0.2) is 16.7 Å². The van der Waals surface area contributed by atoms with Gasteiger partial charge in [-0.05, 0) is 37.5 Å². The first-order valence-corrected chi connectivity index (χ1v) is 8.90. The molecule has 1 saturated carbocycles. The Bertz CT molecular complexity index is 874. The van der Waals surface area contributed by atoms with Gasteiger partial charge in [0.05, 0.1) is 22.3 Å². The lowest BCUT2D eigenvalue weighted by Gasteiger charge is -2.27. The normalized spacial score (nSPS) is 16.5. The smallest absolute Gasteiger partial charge is 0.376 e. The molecule has 1 aliphatic rings. The summed E-state index contributed by atoms with van der Waals surface area (Å²) >= 11 is 11.9. The molecule has 28 heavy (non-hydrogen) atoms. The first kappa shape index (κ1) is 20.7. The maximum absolute atomic E-state index is 13.0. The highest BCUT2D eigenvalue weighted by Gasteiger charge is 2.51. The van der Waals surface area contributed by atoms with Gasteiger partial charge in [0, 0.05) is 5.92 Å². The monoisotopic (exact) mass is 438 g/mol. The number of urea groups is 1. The van der Waals surface area contributed by atoms with Crippen LogP contribution in [0.2, 0.25) is 10.0 Å². The first-order chi connectivity index (χ1) is 13.0. The highest BCUT2D eigenvalue weighted by Crippen LogP contribution is 2.42. The Kier molecular flexibility index (Phi) is 5.48. The number of nitrogens with zero attached hydrogens (tertiary/aromatic N) is 2. The molecular weight excluding hydrogens is 424 g/mol. The van der Waals surface area contributed by atoms with Gasteiger partial charge in [0.15, 0.2) is 11.4 Å². The van der Waals surface area contributed by atoms with Gasteiger partial charge in [-0.3, -0.25) is 0 Å². The van der Waals surface area contributed by atoms with Crippen molar-refractivity contribution in [3.8, 4) is 0 Å². The van der Waals surface area contributed by atoms with Crippen molar-refractivity contribution >= 4 is 34.9 Å². The lowest BCUT2D eigenvalue weighted by Crippen LogP contribution is -2.39. The molecule has 7 nitrogen and oxygen atoms in total. The number of aromatic nitrogens is 2. The zero-order chi connectivity index (χ0) is 20.7. The van der Waals surface area contributed by atoms with Crippen molar-refractivity contribution in [2.24, 2.45) is 0 Å². The van der Waals surface area contributed by atoms with Gasteiger partial charge >= 0.3 is 12.2 Å². The number of amides is 2. The Morgan fingerprint density at radius 2 is 1.93 bits per heavy atom. The first-order valence-electron chi connectivity index (χ1n) is 8.15. The molecule has 2 aromatic rings. The summed E-state index contributed by atoms with van der Waals surface area (Å²) in [5.74, 6) is 1.11. The van der Waals surface area contributed by atoms with Gasteiger partial charge in [-0.15, -0.1) is 0 Å². The minimum atomic E-state index is -4.94. The van der Waals surface area contributed by atoms with E-state index in [1.807, 2.05) is 0 Å². The summed E-state index contributed by atoms with van der Waals surface area (Å²) < 4.78 is 43.9. The molecule has 0 radical (unpaired) electrons. The summed E-state index contributed by atoms with van der Waals surface area (Å²) in [7, 11) is 0. The van der Waals surface area contributed by atoms with E-state index >= 15 is 0 Å². The van der Waals surface area contributed by atoms with E-state index in [2.05, 4.69) is 20.8 Å². The Balaban J connectivity index is 1.66. The summed E-state index contributed by atoms with van der Waals surface area (Å²) in [6.45, 7) is 0.525. The van der Waals surface area contributed by atoms with Crippen LogP contribution in [0.3, 0.4) is 0 Å². The predicted molar refractivity (Wildman–Crippen MR) is 94.2 cm³/mol. The highest BCUT2D eigenvalue weighted by atomic mass is 35.5. The van der Waals surface area contributed by atoms with E-state index < -0.39 is 23.4 Å². The maximum atomic E-state index is 13.0. The lowest BCUT2D eigenvalue weighted by atomic mass is 9.95. The van der Waals surface area contributed by atoms with E-state index in [4.69, 9.17) is 27.7 Å². The molecule has 1 heterocycles. The van der Waals surface area contributed by atoms with E-state index in [-0.39, 0.29) is 28.2 Å². The molecule has 0 aliphatic heterocycles. The third kappa shape index (κ3) is 4.34. The summed E-state index contributed by atoms with van der Waals surface area (Å²) in [5.41, 5.74) is -3.82. The van der Waals surface area contributed by atoms with E-state index in [1.54, 1.807) is 0 Å². The standard InChI is InChI=1S/C16H15Cl2F3N4O3/c1-15(27,16(19,20)21)8-4-9(17)12(10(18)5-8)24-14(26)22-6-11-23-13(25-28-11)7-2-3-7/h4-5,7,27H,2-3,6H2,1H3,(H2,22,24,26). The van der Waals surface area contributed by atoms with Crippen LogP contribution in [0.4, 0.5) is 23.7 Å². The fourth-order valence-corrected chi connectivity index (χ4v) is 2.88. The van der Waals surface area contributed by atoms with Crippen LogP contribution in [0, 0.1) is 0 Å². The van der Waals surface area contributed by atoms with Crippen LogP contribution < -0.4 is 10.6 Å². The molecule has 1 fully saturated rings. The number of rotatable bonds is 5. The van der Waals surface area contributed by atoms with E-state index in [1.165, 1.54) is 0 Å². The second-order valence-corrected chi connectivity index (χ2v) is 7.33. The fraction of sp³-hybridized carbons (Fsp3) is 0.438. The number of benzene rings is 1. The van der Waals surface area contributed by atoms with Crippen LogP contribution in [-0.4, -0.2) is 27.5 Å². The van der Waals surface area contributed by atoms with Gasteiger partial charge in [0.1, 0.15) is 0 Å². The van der Waals surface area contributed by atoms with Gasteiger partial charge in [0.2, 0.25) is 5.89 Å². The van der Waals surface area contributed by atoms with Gasteiger partial charge in [-0.1, -0.05) is 28.4 Å². The zero-order valence-electron chi connectivity index (χ0n) is 14.4. The van der Waals surface area contributed by atoms with Crippen molar-refractivity contribution in [1.29, 1.82) is 0 Å². The van der Waals surface area contributed by atoms with Crippen LogP contribution in [0.5, 0.6) is 0 Å². The van der Waals surface area contributed by atoms with E-state index in [0.29, 0.717) is 18.7 Å². The molecule has 152 valence electrons. The number of alkyl halides is 3. The van der Waals surface area contributed by atoms with Crippen LogP contribution >= 0.6 is 23.2 Å². The van der Waals surface area contributed by atoms with Crippen molar-refractivity contribution in [2.75, 3.05) is 5.32 Å². The van der Waals surface area contributed by atoms with Gasteiger partial charge < -0.3 is 20.3 Å². The third-order valence-electron chi connectivity index (χ3n) is 4.22. The molecule has 1 aliphatic carbocycles. The summed E-state index contributed by atoms with van der Waals surface area (Å²) in [4.78, 5) is 16.2. The quantitative estimate of drug-likeness (QED) is 0.644. The molecule has 0 spiro atoms. The number of carbonyl (C=O) groups excluding carboxylic acids is 1. The number of hydrogen-bond donors (Lipinski definition) is 3. The number of anilines is 1. The second-order valence-electron chi connectivity index (χ2n) is 6.51. The molecule has 2 amide bonds. The predicted octanol–water partition coefficient (Wildman–Crippen LogP) is 4.35. The number of carbonyl (C=O) groups is 1. The Morgan fingerprint density at radius 1 is 1.32 bits per heavy atom. The summed E-state index contributed by atoms with van der Waals surface area (Å²) in [6.07, 6.45) is -2.93. The van der Waals surface area contributed by atoms with Gasteiger partial charge in [0.25, 0.3) is 0 Å². The molecule has 1 unspecified atom stereocenters. The zero-order valence-corrected chi connectivity index (χ0v) is 15.9. The minimum absolute atomic E-state index is 0.0539. The summed E-state index contributed by atoms with van der Waals surface area (Å²) in [6, 6.07) is 1.04. The summed E-state index contributed by atoms with van der Waals surface area (Å²) in [5, 5.41) is 17.8. The van der Waals surface area contributed by atoms with E-state index in [9.17, 15) is 23.1 Å². The van der Waals surface area contributed by atoms with E-state index in [0.717, 1.165) is 25.0 Å². The Morgan fingerprint density at radius 3 is 2.46 bits per heavy atom. The number of halogens is 5. The van der Waals surface area contributed by atoms with Crippen molar-refractivity contribution < 1.29 is 27.6 Å².